The molecule has 29 rings (SSSR count). The molecule has 27 aromatic rings. The summed E-state index contributed by atoms with van der Waals surface area (Å²) in [5, 5.41) is 16.3. The zero-order valence-corrected chi connectivity index (χ0v) is 71.6. The third kappa shape index (κ3) is 10.8. The van der Waals surface area contributed by atoms with Crippen LogP contribution in [0.2, 0.25) is 0 Å². The van der Waals surface area contributed by atoms with Gasteiger partial charge >= 0.3 is 11.3 Å². The Morgan fingerprint density at radius 3 is 1.14 bits per heavy atom. The largest absolute Gasteiger partial charge is 0.456 e. The maximum Gasteiger partial charge on any atom is 0.344 e. The highest BCUT2D eigenvalue weighted by Crippen LogP contribution is 2.65. The van der Waals surface area contributed by atoms with Crippen molar-refractivity contribution in [3.8, 4) is 95.0 Å². The summed E-state index contributed by atoms with van der Waals surface area (Å²) in [6, 6.07) is 154. The number of benzene rings is 20. The monoisotopic (exact) mass is 1700 g/mol. The fourth-order valence-electron chi connectivity index (χ4n) is 22.5. The fraction of sp³-hybridized carbons (Fsp3) is 0.00813. The smallest absolute Gasteiger partial charge is 0.344 e. The summed E-state index contributed by atoms with van der Waals surface area (Å²) < 4.78 is 28.2. The molecule has 0 saturated heterocycles. The van der Waals surface area contributed by atoms with Gasteiger partial charge in [0, 0.05) is 96.7 Å². The van der Waals surface area contributed by atoms with E-state index in [2.05, 4.69) is 390 Å². The Labute approximate surface area is 758 Å². The molecule has 0 unspecified atom stereocenters. The van der Waals surface area contributed by atoms with Gasteiger partial charge in [0.25, 0.3) is 0 Å². The number of nitrogens with zero attached hydrogens (tertiary/aromatic N) is 3. The van der Waals surface area contributed by atoms with Crippen molar-refractivity contribution in [3.05, 3.63) is 474 Å². The van der Waals surface area contributed by atoms with Gasteiger partial charge in [-0.1, -0.05) is 279 Å². The quantitative estimate of drug-likeness (QED) is 0.112. The third-order valence-electron chi connectivity index (χ3n) is 28.2. The lowest BCUT2D eigenvalue weighted by Crippen LogP contribution is -2.25. The molecular weight excluding hydrogens is 1630 g/mol. The van der Waals surface area contributed by atoms with Crippen LogP contribution in [0.15, 0.2) is 454 Å². The van der Waals surface area contributed by atoms with Crippen LogP contribution in [0.5, 0.6) is 0 Å². The molecule has 9 heteroatoms. The summed E-state index contributed by atoms with van der Waals surface area (Å²) in [5.74, 6) is 0. The SMILES string of the molecule is O=c1oc2cc(-c3ccc4c(c3)c3cc(-c5ccc6c(c5)c5ccccc5n6-c5ccccc5)ccc3n4-c3ccccc3)ccc2c2ccc(-c3cccc4sc5ccccc5c34)cc12.O=c1oc2cc(-c3ccc4c(c3)c3ccc5c(c3n4-c3ccccc3)-c3ccccc3C53c4ccccc4-c4ccccc43)ccc2c2ccc(-c3cccc4oc5ccccc5c34)cc12. The predicted octanol–water partition coefficient (Wildman–Crippen LogP) is 32.1. The molecule has 0 bridgehead atoms. The van der Waals surface area contributed by atoms with Crippen molar-refractivity contribution in [2.45, 2.75) is 5.41 Å². The van der Waals surface area contributed by atoms with Crippen LogP contribution in [0.1, 0.15) is 22.3 Å². The Hall–Kier alpha value is -17.2. The molecule has 20 aromatic carbocycles. The van der Waals surface area contributed by atoms with E-state index >= 15 is 0 Å². The van der Waals surface area contributed by atoms with Crippen LogP contribution in [-0.2, 0) is 5.41 Å². The Kier molecular flexibility index (Phi) is 15.9. The van der Waals surface area contributed by atoms with E-state index in [0.29, 0.717) is 21.9 Å². The number of thiophene rings is 1. The summed E-state index contributed by atoms with van der Waals surface area (Å²) in [6.45, 7) is 0. The second-order valence-electron chi connectivity index (χ2n) is 35.0. The van der Waals surface area contributed by atoms with E-state index in [9.17, 15) is 9.59 Å². The van der Waals surface area contributed by atoms with Crippen LogP contribution in [-0.4, -0.2) is 13.7 Å². The average molecular weight is 1700 g/mol. The summed E-state index contributed by atoms with van der Waals surface area (Å²) in [5.41, 5.74) is 32.9. The Balaban J connectivity index is 0.000000132. The summed E-state index contributed by atoms with van der Waals surface area (Å²) >= 11 is 1.80. The molecule has 0 atom stereocenters. The van der Waals surface area contributed by atoms with Crippen LogP contribution in [0.25, 0.3) is 246 Å². The fourth-order valence-corrected chi connectivity index (χ4v) is 23.7. The van der Waals surface area contributed by atoms with Crippen molar-refractivity contribution in [2.75, 3.05) is 0 Å². The van der Waals surface area contributed by atoms with Gasteiger partial charge in [-0.2, -0.15) is 0 Å². The van der Waals surface area contributed by atoms with E-state index in [0.717, 1.165) is 144 Å². The lowest BCUT2D eigenvalue weighted by molar-refractivity contribution is 0.569. The maximum absolute atomic E-state index is 13.9. The van der Waals surface area contributed by atoms with Gasteiger partial charge in [0.15, 0.2) is 0 Å². The highest BCUT2D eigenvalue weighted by atomic mass is 32.1. The molecule has 0 aliphatic heterocycles. The van der Waals surface area contributed by atoms with E-state index in [-0.39, 0.29) is 11.3 Å². The topological polar surface area (TPSA) is 88.4 Å². The number of fused-ring (bicyclic) bond motifs is 32. The molecule has 7 heterocycles. The average Bonchev–Trinajstić information content (AvgIpc) is 1.49. The molecular formula is C123H71N3O5S. The van der Waals surface area contributed by atoms with Gasteiger partial charge in [-0.05, 0) is 257 Å². The van der Waals surface area contributed by atoms with Gasteiger partial charge in [0.1, 0.15) is 22.3 Å². The van der Waals surface area contributed by atoms with Crippen LogP contribution in [0, 0.1) is 0 Å². The molecule has 132 heavy (non-hydrogen) atoms. The van der Waals surface area contributed by atoms with E-state index < -0.39 is 5.41 Å². The van der Waals surface area contributed by atoms with Gasteiger partial charge in [-0.25, -0.2) is 9.59 Å². The minimum atomic E-state index is -0.445. The second-order valence-corrected chi connectivity index (χ2v) is 36.1. The zero-order chi connectivity index (χ0) is 86.7. The van der Waals surface area contributed by atoms with Crippen molar-refractivity contribution in [3.63, 3.8) is 0 Å². The van der Waals surface area contributed by atoms with Crippen molar-refractivity contribution in [1.29, 1.82) is 0 Å². The summed E-state index contributed by atoms with van der Waals surface area (Å²) in [4.78, 5) is 27.8. The maximum atomic E-state index is 13.9. The molecule has 0 radical (unpaired) electrons. The highest BCUT2D eigenvalue weighted by Gasteiger charge is 2.52. The second kappa shape index (κ2) is 28.4. The van der Waals surface area contributed by atoms with Gasteiger partial charge in [0.2, 0.25) is 0 Å². The van der Waals surface area contributed by atoms with Crippen molar-refractivity contribution < 1.29 is 13.3 Å². The van der Waals surface area contributed by atoms with Crippen LogP contribution in [0.4, 0.5) is 0 Å². The normalized spacial score (nSPS) is 12.7. The number of para-hydroxylation sites is 5. The predicted molar refractivity (Wildman–Crippen MR) is 547 cm³/mol. The molecule has 614 valence electrons. The van der Waals surface area contributed by atoms with E-state index in [4.69, 9.17) is 13.3 Å². The van der Waals surface area contributed by atoms with Crippen molar-refractivity contribution >= 4 is 162 Å². The number of aromatic nitrogens is 3. The summed E-state index contributed by atoms with van der Waals surface area (Å²) in [7, 11) is 0. The molecule has 0 N–H and O–H groups in total. The number of hydrogen-bond acceptors (Lipinski definition) is 6. The summed E-state index contributed by atoms with van der Waals surface area (Å²) in [6.07, 6.45) is 0. The molecule has 0 amide bonds. The third-order valence-corrected chi connectivity index (χ3v) is 29.4. The molecule has 8 nitrogen and oxygen atoms in total. The first-order chi connectivity index (χ1) is 65.3. The molecule has 2 aliphatic carbocycles. The van der Waals surface area contributed by atoms with Gasteiger partial charge in [-0.3, -0.25) is 0 Å². The number of furan rings is 1. The van der Waals surface area contributed by atoms with Gasteiger partial charge < -0.3 is 27.0 Å². The zero-order valence-electron chi connectivity index (χ0n) is 70.8. The highest BCUT2D eigenvalue weighted by molar-refractivity contribution is 7.26. The van der Waals surface area contributed by atoms with Crippen LogP contribution < -0.4 is 11.3 Å². The van der Waals surface area contributed by atoms with E-state index in [1.165, 1.54) is 103 Å². The standard InChI is InChI=1S/C62H35NO3.C61H36N2O2S/c64-61-49-34-38(40-19-12-24-56-58(40)47-18-7-11-23-55(47)65-56)26-28-41(49)44-29-25-37(35-57(44)66-61)36-27-32-54-48(33-36)45-30-31-53-59(60(45)63(54)39-13-2-1-3-14-39)46-17-6-10-22-52(46)62(53)50-20-8-4-15-42(50)43-16-5-9-21-51(43)62;64-61-52-35-41(44-18-11-21-59-60(44)48-17-8-10-20-58(48)66-59)23-27-45(52)47-28-22-40(36-57(47)65-61)39-26-31-56-51(34-39)50-33-38(25-30-55(50)63(56)43-14-5-2-6-15-43)37-24-29-54-49(32-37)46-16-7-9-19-53(46)62(54)42-12-3-1-4-13-42/h1-35H;1-36H. The lowest BCUT2D eigenvalue weighted by atomic mass is 9.70. The molecule has 1 spiro atoms. The minimum Gasteiger partial charge on any atom is -0.456 e. The van der Waals surface area contributed by atoms with Crippen molar-refractivity contribution in [2.24, 2.45) is 0 Å². The Morgan fingerprint density at radius 2 is 0.576 bits per heavy atom. The molecule has 0 saturated carbocycles. The molecule has 0 fully saturated rings. The lowest BCUT2D eigenvalue weighted by Gasteiger charge is -2.30. The van der Waals surface area contributed by atoms with Crippen molar-refractivity contribution in [1.82, 2.24) is 13.7 Å². The van der Waals surface area contributed by atoms with Crippen LogP contribution in [0.3, 0.4) is 0 Å². The first-order valence-corrected chi connectivity index (χ1v) is 45.6. The minimum absolute atomic E-state index is 0.337. The van der Waals surface area contributed by atoms with E-state index in [1.807, 2.05) is 54.6 Å². The number of rotatable bonds is 8. The Morgan fingerprint density at radius 1 is 0.205 bits per heavy atom. The molecule has 7 aromatic heterocycles. The van der Waals surface area contributed by atoms with Gasteiger partial charge in [0.05, 0.1) is 49.3 Å². The number of hydrogen-bond donors (Lipinski definition) is 0. The van der Waals surface area contributed by atoms with E-state index in [1.54, 1.807) is 11.3 Å². The first-order valence-electron chi connectivity index (χ1n) is 44.8. The molecule has 2 aliphatic rings. The van der Waals surface area contributed by atoms with Crippen LogP contribution >= 0.6 is 11.3 Å². The van der Waals surface area contributed by atoms with Gasteiger partial charge in [-0.15, -0.1) is 11.3 Å². The Bertz CT molecular complexity index is 9760. The first kappa shape index (κ1) is 73.9.